The van der Waals surface area contributed by atoms with Gasteiger partial charge in [0.25, 0.3) is 0 Å². The molecule has 0 bridgehead atoms. The number of piperazine rings is 1. The number of rotatable bonds is 7. The van der Waals surface area contributed by atoms with Crippen LogP contribution in [0.2, 0.25) is 0 Å². The molecular weight excluding hydrogens is 296 g/mol. The monoisotopic (exact) mass is 324 g/mol. The van der Waals surface area contributed by atoms with Gasteiger partial charge in [-0.05, 0) is 36.3 Å². The topological polar surface area (TPSA) is 24.5 Å². The Kier molecular flexibility index (Phi) is 7.16. The first-order chi connectivity index (χ1) is 10.4. The second kappa shape index (κ2) is 8.88. The molecule has 22 heavy (non-hydrogen) atoms. The van der Waals surface area contributed by atoms with Crippen molar-refractivity contribution in [1.29, 1.82) is 0 Å². The molecule has 124 valence electrons. The average Bonchev–Trinajstić information content (AvgIpc) is 3.36. The largest absolute Gasteiger partial charge is 0.380 e. The van der Waals surface area contributed by atoms with Crippen LogP contribution >= 0.6 is 12.4 Å². The standard InChI is InChI=1S/C18H28N2O.ClH/c1-2-15-5-7-17(8-6-15)18-13-19-9-10-20(18)11-12-21-14-16-3-4-16;/h5-8,16,18-19H,2-4,9-14H2,1H3;1H. The van der Waals surface area contributed by atoms with Crippen LogP contribution in [0.1, 0.15) is 36.9 Å². The van der Waals surface area contributed by atoms with E-state index in [1.807, 2.05) is 0 Å². The Bertz CT molecular complexity index is 433. The van der Waals surface area contributed by atoms with Gasteiger partial charge in [0.05, 0.1) is 6.61 Å². The van der Waals surface area contributed by atoms with Gasteiger partial charge in [-0.1, -0.05) is 31.2 Å². The third-order valence-corrected chi connectivity index (χ3v) is 4.70. The van der Waals surface area contributed by atoms with Gasteiger partial charge in [-0.3, -0.25) is 4.90 Å². The number of ether oxygens (including phenoxy) is 1. The number of nitrogens with one attached hydrogen (secondary N) is 1. The van der Waals surface area contributed by atoms with Crippen LogP contribution in [0.4, 0.5) is 0 Å². The van der Waals surface area contributed by atoms with Crippen LogP contribution in [0.15, 0.2) is 24.3 Å². The summed E-state index contributed by atoms with van der Waals surface area (Å²) < 4.78 is 5.82. The molecular formula is C18H29ClN2O. The summed E-state index contributed by atoms with van der Waals surface area (Å²) >= 11 is 0. The fraction of sp³-hybridized carbons (Fsp3) is 0.667. The summed E-state index contributed by atoms with van der Waals surface area (Å²) in [6, 6.07) is 9.63. The molecule has 1 aromatic rings. The second-order valence-electron chi connectivity index (χ2n) is 6.37. The van der Waals surface area contributed by atoms with Crippen molar-refractivity contribution >= 4 is 12.4 Å². The highest BCUT2D eigenvalue weighted by atomic mass is 35.5. The lowest BCUT2D eigenvalue weighted by Crippen LogP contribution is -2.47. The summed E-state index contributed by atoms with van der Waals surface area (Å²) in [5.41, 5.74) is 2.85. The molecule has 3 rings (SSSR count). The molecule has 0 spiro atoms. The Morgan fingerprint density at radius 1 is 1.23 bits per heavy atom. The van der Waals surface area contributed by atoms with E-state index < -0.39 is 0 Å². The lowest BCUT2D eigenvalue weighted by molar-refractivity contribution is 0.0716. The molecule has 1 heterocycles. The van der Waals surface area contributed by atoms with Gasteiger partial charge in [-0.25, -0.2) is 0 Å². The van der Waals surface area contributed by atoms with E-state index in [9.17, 15) is 0 Å². The van der Waals surface area contributed by atoms with E-state index in [4.69, 9.17) is 4.74 Å². The molecule has 2 fully saturated rings. The molecule has 2 aliphatic rings. The average molecular weight is 325 g/mol. The van der Waals surface area contributed by atoms with Crippen LogP contribution in [-0.4, -0.2) is 44.3 Å². The van der Waals surface area contributed by atoms with E-state index in [0.717, 1.165) is 51.7 Å². The predicted octanol–water partition coefficient (Wildman–Crippen LogP) is 3.04. The zero-order valence-corrected chi connectivity index (χ0v) is 14.4. The van der Waals surface area contributed by atoms with Crippen molar-refractivity contribution in [3.63, 3.8) is 0 Å². The van der Waals surface area contributed by atoms with Crippen molar-refractivity contribution < 1.29 is 4.74 Å². The highest BCUT2D eigenvalue weighted by Crippen LogP contribution is 2.29. The zero-order valence-electron chi connectivity index (χ0n) is 13.6. The molecule has 0 aromatic heterocycles. The number of hydrogen-bond donors (Lipinski definition) is 1. The van der Waals surface area contributed by atoms with Crippen LogP contribution in [0.25, 0.3) is 0 Å². The van der Waals surface area contributed by atoms with Crippen LogP contribution in [0.3, 0.4) is 0 Å². The molecule has 1 aliphatic heterocycles. The van der Waals surface area contributed by atoms with Crippen molar-refractivity contribution in [2.75, 3.05) is 39.4 Å². The summed E-state index contributed by atoms with van der Waals surface area (Å²) in [6.07, 6.45) is 3.86. The summed E-state index contributed by atoms with van der Waals surface area (Å²) in [6.45, 7) is 8.37. The quantitative estimate of drug-likeness (QED) is 0.780. The smallest absolute Gasteiger partial charge is 0.0593 e. The highest BCUT2D eigenvalue weighted by molar-refractivity contribution is 5.85. The van der Waals surface area contributed by atoms with Gasteiger partial charge in [0.1, 0.15) is 0 Å². The Morgan fingerprint density at radius 3 is 2.68 bits per heavy atom. The van der Waals surface area contributed by atoms with Crippen molar-refractivity contribution in [3.8, 4) is 0 Å². The SMILES string of the molecule is CCc1ccc(C2CNCCN2CCOCC2CC2)cc1.Cl. The van der Waals surface area contributed by atoms with Gasteiger partial charge < -0.3 is 10.1 Å². The van der Waals surface area contributed by atoms with Crippen molar-refractivity contribution in [1.82, 2.24) is 10.2 Å². The first-order valence-electron chi connectivity index (χ1n) is 8.48. The van der Waals surface area contributed by atoms with Crippen LogP contribution < -0.4 is 5.32 Å². The predicted molar refractivity (Wildman–Crippen MR) is 93.8 cm³/mol. The maximum absolute atomic E-state index is 5.82. The van der Waals surface area contributed by atoms with Gasteiger partial charge in [0, 0.05) is 38.8 Å². The third kappa shape index (κ3) is 4.95. The summed E-state index contributed by atoms with van der Waals surface area (Å²) in [7, 11) is 0. The molecule has 4 heteroatoms. The fourth-order valence-electron chi connectivity index (χ4n) is 3.03. The number of nitrogens with zero attached hydrogens (tertiary/aromatic N) is 1. The second-order valence-corrected chi connectivity index (χ2v) is 6.37. The van der Waals surface area contributed by atoms with Crippen LogP contribution in [0, 0.1) is 5.92 Å². The zero-order chi connectivity index (χ0) is 14.5. The van der Waals surface area contributed by atoms with E-state index in [2.05, 4.69) is 41.4 Å². The number of aryl methyl sites for hydroxylation is 1. The van der Waals surface area contributed by atoms with E-state index >= 15 is 0 Å². The number of halogens is 1. The Morgan fingerprint density at radius 2 is 2.00 bits per heavy atom. The molecule has 3 nitrogen and oxygen atoms in total. The van der Waals surface area contributed by atoms with E-state index in [0.29, 0.717) is 6.04 Å². The van der Waals surface area contributed by atoms with Crippen molar-refractivity contribution in [2.24, 2.45) is 5.92 Å². The summed E-state index contributed by atoms with van der Waals surface area (Å²) in [5, 5.41) is 3.53. The minimum Gasteiger partial charge on any atom is -0.380 e. The summed E-state index contributed by atoms with van der Waals surface area (Å²) in [4.78, 5) is 2.57. The van der Waals surface area contributed by atoms with Gasteiger partial charge in [0.15, 0.2) is 0 Å². The molecule has 1 aromatic carbocycles. The summed E-state index contributed by atoms with van der Waals surface area (Å²) in [5.74, 6) is 0.866. The Labute approximate surface area is 140 Å². The maximum Gasteiger partial charge on any atom is 0.0593 e. The van der Waals surface area contributed by atoms with Gasteiger partial charge in [-0.2, -0.15) is 0 Å². The normalized spacial score (nSPS) is 22.3. The molecule has 1 unspecified atom stereocenters. The number of benzene rings is 1. The van der Waals surface area contributed by atoms with E-state index in [-0.39, 0.29) is 12.4 Å². The van der Waals surface area contributed by atoms with Crippen molar-refractivity contribution in [3.05, 3.63) is 35.4 Å². The molecule has 1 N–H and O–H groups in total. The van der Waals surface area contributed by atoms with Crippen LogP contribution in [0.5, 0.6) is 0 Å². The molecule has 0 amide bonds. The molecule has 1 atom stereocenters. The highest BCUT2D eigenvalue weighted by Gasteiger charge is 2.24. The third-order valence-electron chi connectivity index (χ3n) is 4.70. The minimum absolute atomic E-state index is 0. The van der Waals surface area contributed by atoms with Crippen molar-refractivity contribution in [2.45, 2.75) is 32.2 Å². The van der Waals surface area contributed by atoms with Gasteiger partial charge in [0.2, 0.25) is 0 Å². The first kappa shape index (κ1) is 17.7. The van der Waals surface area contributed by atoms with Gasteiger partial charge in [-0.15, -0.1) is 12.4 Å². The first-order valence-corrected chi connectivity index (χ1v) is 8.48. The molecule has 1 aliphatic carbocycles. The maximum atomic E-state index is 5.82. The molecule has 1 saturated carbocycles. The Balaban J connectivity index is 0.00000176. The molecule has 1 saturated heterocycles. The minimum atomic E-state index is 0. The lowest BCUT2D eigenvalue weighted by Gasteiger charge is -2.36. The van der Waals surface area contributed by atoms with Crippen LogP contribution in [-0.2, 0) is 11.2 Å². The molecule has 0 radical (unpaired) electrons. The Hall–Kier alpha value is -0.610. The van der Waals surface area contributed by atoms with Gasteiger partial charge >= 0.3 is 0 Å². The van der Waals surface area contributed by atoms with E-state index in [1.165, 1.54) is 24.0 Å². The fourth-order valence-corrected chi connectivity index (χ4v) is 3.03. The number of hydrogen-bond acceptors (Lipinski definition) is 3. The van der Waals surface area contributed by atoms with E-state index in [1.54, 1.807) is 0 Å². The lowest BCUT2D eigenvalue weighted by atomic mass is 10.0.